The van der Waals surface area contributed by atoms with Crippen molar-refractivity contribution in [3.05, 3.63) is 65.2 Å². The fourth-order valence-electron chi connectivity index (χ4n) is 4.73. The summed E-state index contributed by atoms with van der Waals surface area (Å²) in [5, 5.41) is 6.15. The fourth-order valence-corrected chi connectivity index (χ4v) is 4.73. The molecule has 7 nitrogen and oxygen atoms in total. The van der Waals surface area contributed by atoms with Crippen molar-refractivity contribution < 1.29 is 19.1 Å². The van der Waals surface area contributed by atoms with E-state index in [1.807, 2.05) is 39.0 Å². The minimum Gasteiger partial charge on any atom is -0.496 e. The van der Waals surface area contributed by atoms with Crippen molar-refractivity contribution in [3.63, 3.8) is 0 Å². The first-order chi connectivity index (χ1) is 15.1. The van der Waals surface area contributed by atoms with E-state index < -0.39 is 17.0 Å². The monoisotopic (exact) mass is 435 g/mol. The van der Waals surface area contributed by atoms with E-state index >= 15 is 0 Å². The number of fused-ring (bicyclic) bond motifs is 1. The lowest BCUT2D eigenvalue weighted by atomic mass is 9.76. The topological polar surface area (TPSA) is 87.7 Å². The van der Waals surface area contributed by atoms with Crippen LogP contribution in [0.1, 0.15) is 47.1 Å². The van der Waals surface area contributed by atoms with Crippen molar-refractivity contribution in [2.75, 3.05) is 20.2 Å². The summed E-state index contributed by atoms with van der Waals surface area (Å²) in [6.07, 6.45) is 0.479. The molecule has 0 bridgehead atoms. The zero-order valence-electron chi connectivity index (χ0n) is 18.9. The molecule has 4 rings (SSSR count). The summed E-state index contributed by atoms with van der Waals surface area (Å²) >= 11 is 0. The smallest absolute Gasteiger partial charge is 0.257 e. The molecular formula is C25H29N3O4. The Morgan fingerprint density at radius 1 is 1.12 bits per heavy atom. The Kier molecular flexibility index (Phi) is 5.44. The number of ether oxygens (including phenoxy) is 1. The molecule has 2 aliphatic rings. The molecule has 1 saturated heterocycles. The number of benzene rings is 2. The average molecular weight is 436 g/mol. The minimum atomic E-state index is -0.877. The maximum absolute atomic E-state index is 13.4. The molecule has 0 aromatic heterocycles. The third-order valence-electron chi connectivity index (χ3n) is 6.11. The lowest BCUT2D eigenvalue weighted by Gasteiger charge is -2.39. The zero-order chi connectivity index (χ0) is 23.1. The molecule has 2 atom stereocenters. The van der Waals surface area contributed by atoms with Crippen molar-refractivity contribution >= 4 is 17.7 Å². The SMILES string of the molecule is COc1ccccc1C(=O)N1C[C@@H](C(=O)NC(C)(C)C)[C@@]2(Cc3ccccc3C(=O)N2)C1. The Labute approximate surface area is 188 Å². The molecule has 2 aliphatic heterocycles. The number of methoxy groups -OCH3 is 1. The number of rotatable bonds is 3. The molecule has 2 aromatic rings. The molecule has 2 N–H and O–H groups in total. The predicted octanol–water partition coefficient (Wildman–Crippen LogP) is 2.41. The number of likely N-dealkylation sites (tertiary alicyclic amines) is 1. The van der Waals surface area contributed by atoms with E-state index in [-0.39, 0.29) is 30.8 Å². The van der Waals surface area contributed by atoms with Gasteiger partial charge in [-0.1, -0.05) is 30.3 Å². The molecule has 32 heavy (non-hydrogen) atoms. The second kappa shape index (κ2) is 7.97. The average Bonchev–Trinajstić information content (AvgIpc) is 3.10. The van der Waals surface area contributed by atoms with Gasteiger partial charge in [-0.25, -0.2) is 0 Å². The van der Waals surface area contributed by atoms with Crippen LogP contribution in [0.25, 0.3) is 0 Å². The summed E-state index contributed by atoms with van der Waals surface area (Å²) in [6, 6.07) is 14.5. The van der Waals surface area contributed by atoms with E-state index in [0.717, 1.165) is 5.56 Å². The zero-order valence-corrected chi connectivity index (χ0v) is 18.9. The maximum atomic E-state index is 13.4. The van der Waals surface area contributed by atoms with Crippen LogP contribution in [0.5, 0.6) is 5.75 Å². The highest BCUT2D eigenvalue weighted by Crippen LogP contribution is 2.37. The molecule has 2 aromatic carbocycles. The number of para-hydroxylation sites is 1. The number of carbonyl (C=O) groups excluding carboxylic acids is 3. The Hall–Kier alpha value is -3.35. The summed E-state index contributed by atoms with van der Waals surface area (Å²) in [7, 11) is 1.52. The normalized spacial score (nSPS) is 22.3. The van der Waals surface area contributed by atoms with Crippen molar-refractivity contribution in [2.45, 2.75) is 38.3 Å². The summed E-state index contributed by atoms with van der Waals surface area (Å²) in [5.74, 6) is -0.717. The van der Waals surface area contributed by atoms with Crippen LogP contribution < -0.4 is 15.4 Å². The molecule has 0 aliphatic carbocycles. The molecule has 2 heterocycles. The second-order valence-corrected chi connectivity index (χ2v) is 9.62. The van der Waals surface area contributed by atoms with Crippen LogP contribution >= 0.6 is 0 Å². The number of hydrogen-bond donors (Lipinski definition) is 2. The van der Waals surface area contributed by atoms with E-state index in [1.165, 1.54) is 7.11 Å². The third-order valence-corrected chi connectivity index (χ3v) is 6.11. The van der Waals surface area contributed by atoms with Crippen LogP contribution in [0.4, 0.5) is 0 Å². The van der Waals surface area contributed by atoms with E-state index in [0.29, 0.717) is 23.3 Å². The van der Waals surface area contributed by atoms with Gasteiger partial charge in [-0.15, -0.1) is 0 Å². The quantitative estimate of drug-likeness (QED) is 0.775. The largest absolute Gasteiger partial charge is 0.496 e. The van der Waals surface area contributed by atoms with Gasteiger partial charge >= 0.3 is 0 Å². The van der Waals surface area contributed by atoms with Gasteiger partial charge in [-0.3, -0.25) is 14.4 Å². The van der Waals surface area contributed by atoms with Gasteiger partial charge in [0.25, 0.3) is 11.8 Å². The van der Waals surface area contributed by atoms with Crippen LogP contribution in [0.3, 0.4) is 0 Å². The lowest BCUT2D eigenvalue weighted by Crippen LogP contribution is -2.62. The van der Waals surface area contributed by atoms with E-state index in [4.69, 9.17) is 4.74 Å². The number of hydrogen-bond acceptors (Lipinski definition) is 4. The Morgan fingerprint density at radius 2 is 1.81 bits per heavy atom. The van der Waals surface area contributed by atoms with Crippen molar-refractivity contribution in [1.29, 1.82) is 0 Å². The molecule has 168 valence electrons. The first kappa shape index (κ1) is 21.9. The van der Waals surface area contributed by atoms with Crippen LogP contribution in [0.15, 0.2) is 48.5 Å². The highest BCUT2D eigenvalue weighted by Gasteiger charge is 2.54. The first-order valence-corrected chi connectivity index (χ1v) is 10.8. The standard InChI is InChI=1S/C25H29N3O4/c1-24(2,3)26-22(30)19-14-28(23(31)18-11-7-8-12-20(18)32-4)15-25(19)13-16-9-5-6-10-17(16)21(29)27-25/h5-12,19H,13-15H2,1-4H3,(H,26,30)(H,27,29)/t19-,25+/m0/s1. The summed E-state index contributed by atoms with van der Waals surface area (Å²) < 4.78 is 5.37. The minimum absolute atomic E-state index is 0.174. The van der Waals surface area contributed by atoms with Crippen molar-refractivity contribution in [2.24, 2.45) is 5.92 Å². The second-order valence-electron chi connectivity index (χ2n) is 9.62. The van der Waals surface area contributed by atoms with Gasteiger partial charge in [0.1, 0.15) is 5.75 Å². The molecular weight excluding hydrogens is 406 g/mol. The van der Waals surface area contributed by atoms with Crippen LogP contribution in [-0.4, -0.2) is 53.9 Å². The van der Waals surface area contributed by atoms with Gasteiger partial charge in [-0.2, -0.15) is 0 Å². The predicted molar refractivity (Wildman–Crippen MR) is 121 cm³/mol. The highest BCUT2D eigenvalue weighted by atomic mass is 16.5. The number of nitrogens with zero attached hydrogens (tertiary/aromatic N) is 1. The van der Waals surface area contributed by atoms with Gasteiger partial charge in [-0.05, 0) is 51.0 Å². The molecule has 3 amide bonds. The fraction of sp³-hybridized carbons (Fsp3) is 0.400. The molecule has 0 saturated carbocycles. The van der Waals surface area contributed by atoms with E-state index in [9.17, 15) is 14.4 Å². The Morgan fingerprint density at radius 3 is 2.53 bits per heavy atom. The lowest BCUT2D eigenvalue weighted by molar-refractivity contribution is -0.127. The molecule has 1 spiro atoms. The maximum Gasteiger partial charge on any atom is 0.257 e. The van der Waals surface area contributed by atoms with Gasteiger partial charge in [0.2, 0.25) is 5.91 Å². The molecule has 7 heteroatoms. The number of carbonyl (C=O) groups is 3. The Bertz CT molecular complexity index is 1070. The van der Waals surface area contributed by atoms with Crippen LogP contribution in [0, 0.1) is 5.92 Å². The van der Waals surface area contributed by atoms with Crippen molar-refractivity contribution in [3.8, 4) is 5.75 Å². The van der Waals surface area contributed by atoms with E-state index in [1.54, 1.807) is 35.2 Å². The van der Waals surface area contributed by atoms with E-state index in [2.05, 4.69) is 10.6 Å². The molecule has 0 radical (unpaired) electrons. The summed E-state index contributed by atoms with van der Waals surface area (Å²) in [6.45, 7) is 6.20. The summed E-state index contributed by atoms with van der Waals surface area (Å²) in [5.41, 5.74) is 0.622. The summed E-state index contributed by atoms with van der Waals surface area (Å²) in [4.78, 5) is 41.4. The Balaban J connectivity index is 1.71. The van der Waals surface area contributed by atoms with Gasteiger partial charge in [0.15, 0.2) is 0 Å². The first-order valence-electron chi connectivity index (χ1n) is 10.8. The van der Waals surface area contributed by atoms with Gasteiger partial charge in [0, 0.05) is 24.2 Å². The molecule has 1 fully saturated rings. The third kappa shape index (κ3) is 3.95. The number of amides is 3. The number of nitrogens with one attached hydrogen (secondary N) is 2. The van der Waals surface area contributed by atoms with Crippen LogP contribution in [-0.2, 0) is 11.2 Å². The van der Waals surface area contributed by atoms with Crippen LogP contribution in [0.2, 0.25) is 0 Å². The molecule has 0 unspecified atom stereocenters. The van der Waals surface area contributed by atoms with Crippen molar-refractivity contribution in [1.82, 2.24) is 15.5 Å². The van der Waals surface area contributed by atoms with Gasteiger partial charge in [0.05, 0.1) is 24.1 Å². The van der Waals surface area contributed by atoms with Gasteiger partial charge < -0.3 is 20.3 Å². The highest BCUT2D eigenvalue weighted by molar-refractivity contribution is 6.00.